The topological polar surface area (TPSA) is 72.2 Å². The van der Waals surface area contributed by atoms with Gasteiger partial charge in [-0.2, -0.15) is 0 Å². The SMILES string of the molecule is Cc1c(NC(=O)CCCCl)cccc1[N+](=O)[O-]. The number of rotatable bonds is 5. The lowest BCUT2D eigenvalue weighted by Crippen LogP contribution is -2.12. The molecule has 1 N–H and O–H groups in total. The predicted molar refractivity (Wildman–Crippen MR) is 66.4 cm³/mol. The molecule has 0 aliphatic heterocycles. The minimum atomic E-state index is -0.468. The van der Waals surface area contributed by atoms with Crippen LogP contribution in [-0.2, 0) is 4.79 Å². The Bertz CT molecular complexity index is 435. The maximum absolute atomic E-state index is 11.5. The molecule has 0 bridgehead atoms. The average molecular weight is 257 g/mol. The molecule has 0 heterocycles. The number of alkyl halides is 1. The van der Waals surface area contributed by atoms with Gasteiger partial charge in [0, 0.05) is 18.4 Å². The van der Waals surface area contributed by atoms with E-state index in [2.05, 4.69) is 5.32 Å². The molecule has 0 aliphatic carbocycles. The van der Waals surface area contributed by atoms with E-state index in [1.165, 1.54) is 6.07 Å². The van der Waals surface area contributed by atoms with E-state index in [4.69, 9.17) is 11.6 Å². The molecule has 1 aromatic carbocycles. The van der Waals surface area contributed by atoms with Gasteiger partial charge in [-0.1, -0.05) is 6.07 Å². The fraction of sp³-hybridized carbons (Fsp3) is 0.364. The Morgan fingerprint density at radius 1 is 1.53 bits per heavy atom. The van der Waals surface area contributed by atoms with E-state index in [0.717, 1.165) is 0 Å². The highest BCUT2D eigenvalue weighted by Crippen LogP contribution is 2.25. The molecule has 0 radical (unpaired) electrons. The van der Waals surface area contributed by atoms with Crippen LogP contribution in [0, 0.1) is 17.0 Å². The number of hydrogen-bond donors (Lipinski definition) is 1. The largest absolute Gasteiger partial charge is 0.326 e. The molecule has 0 atom stereocenters. The fourth-order valence-corrected chi connectivity index (χ4v) is 1.53. The Morgan fingerprint density at radius 2 is 2.24 bits per heavy atom. The van der Waals surface area contributed by atoms with Crippen LogP contribution in [0.3, 0.4) is 0 Å². The minimum Gasteiger partial charge on any atom is -0.326 e. The van der Waals surface area contributed by atoms with Crippen molar-refractivity contribution in [3.8, 4) is 0 Å². The van der Waals surface area contributed by atoms with Crippen LogP contribution in [0.4, 0.5) is 11.4 Å². The Kier molecular flexibility index (Phi) is 4.90. The molecule has 1 rings (SSSR count). The highest BCUT2D eigenvalue weighted by atomic mass is 35.5. The second-order valence-corrected chi connectivity index (χ2v) is 3.93. The second kappa shape index (κ2) is 6.20. The van der Waals surface area contributed by atoms with E-state index < -0.39 is 4.92 Å². The number of nitro benzene ring substituents is 1. The molecule has 0 aromatic heterocycles. The van der Waals surface area contributed by atoms with Crippen molar-refractivity contribution in [3.05, 3.63) is 33.9 Å². The van der Waals surface area contributed by atoms with E-state index in [1.807, 2.05) is 0 Å². The smallest absolute Gasteiger partial charge is 0.274 e. The standard InChI is InChI=1S/C11H13ClN2O3/c1-8-9(13-11(15)6-3-7-12)4-2-5-10(8)14(16)17/h2,4-5H,3,6-7H2,1H3,(H,13,15). The van der Waals surface area contributed by atoms with E-state index >= 15 is 0 Å². The quantitative estimate of drug-likeness (QED) is 0.500. The summed E-state index contributed by atoms with van der Waals surface area (Å²) in [5, 5.41) is 13.3. The first-order chi connectivity index (χ1) is 8.06. The van der Waals surface area contributed by atoms with Crippen LogP contribution in [-0.4, -0.2) is 16.7 Å². The molecule has 1 aromatic rings. The van der Waals surface area contributed by atoms with Crippen LogP contribution in [0.5, 0.6) is 0 Å². The number of halogens is 1. The molecular weight excluding hydrogens is 244 g/mol. The van der Waals surface area contributed by atoms with Gasteiger partial charge >= 0.3 is 0 Å². The molecule has 0 unspecified atom stereocenters. The van der Waals surface area contributed by atoms with Crippen LogP contribution >= 0.6 is 11.6 Å². The van der Waals surface area contributed by atoms with Gasteiger partial charge in [0.2, 0.25) is 5.91 Å². The number of carbonyl (C=O) groups is 1. The lowest BCUT2D eigenvalue weighted by Gasteiger charge is -2.07. The Labute approximate surface area is 104 Å². The first-order valence-electron chi connectivity index (χ1n) is 5.16. The predicted octanol–water partition coefficient (Wildman–Crippen LogP) is 2.86. The van der Waals surface area contributed by atoms with Crippen LogP contribution < -0.4 is 5.32 Å². The molecule has 1 amide bonds. The normalized spacial score (nSPS) is 10.0. The fourth-order valence-electron chi connectivity index (χ4n) is 1.40. The Balaban J connectivity index is 2.81. The van der Waals surface area contributed by atoms with Crippen molar-refractivity contribution in [3.63, 3.8) is 0 Å². The van der Waals surface area contributed by atoms with Gasteiger partial charge in [0.25, 0.3) is 5.69 Å². The van der Waals surface area contributed by atoms with Gasteiger partial charge in [0.1, 0.15) is 0 Å². The molecule has 6 heteroatoms. The first-order valence-corrected chi connectivity index (χ1v) is 5.69. The van der Waals surface area contributed by atoms with Gasteiger partial charge < -0.3 is 5.32 Å². The highest BCUT2D eigenvalue weighted by Gasteiger charge is 2.14. The highest BCUT2D eigenvalue weighted by molar-refractivity contribution is 6.18. The summed E-state index contributed by atoms with van der Waals surface area (Å²) in [5.74, 6) is 0.232. The maximum Gasteiger partial charge on any atom is 0.274 e. The summed E-state index contributed by atoms with van der Waals surface area (Å²) in [6.45, 7) is 1.61. The van der Waals surface area contributed by atoms with Gasteiger partial charge in [0.05, 0.1) is 16.2 Å². The van der Waals surface area contributed by atoms with Crippen molar-refractivity contribution in [2.75, 3.05) is 11.2 Å². The number of anilines is 1. The third kappa shape index (κ3) is 3.71. The van der Waals surface area contributed by atoms with Crippen molar-refractivity contribution in [2.45, 2.75) is 19.8 Å². The van der Waals surface area contributed by atoms with E-state index in [9.17, 15) is 14.9 Å². The molecule has 5 nitrogen and oxygen atoms in total. The van der Waals surface area contributed by atoms with Crippen LogP contribution in [0.15, 0.2) is 18.2 Å². The van der Waals surface area contributed by atoms with Crippen molar-refractivity contribution < 1.29 is 9.72 Å². The second-order valence-electron chi connectivity index (χ2n) is 3.55. The van der Waals surface area contributed by atoms with Gasteiger partial charge in [0.15, 0.2) is 0 Å². The molecule has 0 saturated heterocycles. The monoisotopic (exact) mass is 256 g/mol. The van der Waals surface area contributed by atoms with Crippen LogP contribution in [0.1, 0.15) is 18.4 Å². The van der Waals surface area contributed by atoms with Crippen molar-refractivity contribution in [1.82, 2.24) is 0 Å². The minimum absolute atomic E-state index is 0.000133. The number of nitrogens with zero attached hydrogens (tertiary/aromatic N) is 1. The van der Waals surface area contributed by atoms with Crippen molar-refractivity contribution >= 4 is 28.9 Å². The van der Waals surface area contributed by atoms with E-state index in [1.54, 1.807) is 19.1 Å². The molecule has 92 valence electrons. The lowest BCUT2D eigenvalue weighted by molar-refractivity contribution is -0.385. The molecule has 0 saturated carbocycles. The van der Waals surface area contributed by atoms with Crippen molar-refractivity contribution in [1.29, 1.82) is 0 Å². The number of amides is 1. The summed E-state index contributed by atoms with van der Waals surface area (Å²) in [6.07, 6.45) is 0.896. The zero-order valence-electron chi connectivity index (χ0n) is 9.40. The summed E-state index contributed by atoms with van der Waals surface area (Å²) in [7, 11) is 0. The van der Waals surface area contributed by atoms with E-state index in [-0.39, 0.29) is 11.6 Å². The third-order valence-electron chi connectivity index (χ3n) is 2.31. The molecular formula is C11H13ClN2O3. The van der Waals surface area contributed by atoms with Crippen molar-refractivity contribution in [2.24, 2.45) is 0 Å². The molecule has 17 heavy (non-hydrogen) atoms. The number of hydrogen-bond acceptors (Lipinski definition) is 3. The molecule has 0 fully saturated rings. The Hall–Kier alpha value is -1.62. The Morgan fingerprint density at radius 3 is 2.82 bits per heavy atom. The summed E-state index contributed by atoms with van der Waals surface area (Å²) in [6, 6.07) is 4.59. The van der Waals surface area contributed by atoms with Gasteiger partial charge in [-0.3, -0.25) is 14.9 Å². The number of benzene rings is 1. The third-order valence-corrected chi connectivity index (χ3v) is 2.58. The summed E-state index contributed by atoms with van der Waals surface area (Å²) in [4.78, 5) is 21.7. The molecule has 0 spiro atoms. The average Bonchev–Trinajstić information content (AvgIpc) is 2.28. The van der Waals surface area contributed by atoms with Gasteiger partial charge in [-0.25, -0.2) is 0 Å². The summed E-state index contributed by atoms with van der Waals surface area (Å²) in [5.41, 5.74) is 0.927. The van der Waals surface area contributed by atoms with Crippen LogP contribution in [0.2, 0.25) is 0 Å². The first kappa shape index (κ1) is 13.4. The maximum atomic E-state index is 11.5. The number of nitro groups is 1. The zero-order chi connectivity index (χ0) is 12.8. The van der Waals surface area contributed by atoms with Crippen LogP contribution in [0.25, 0.3) is 0 Å². The van der Waals surface area contributed by atoms with Gasteiger partial charge in [-0.15, -0.1) is 11.6 Å². The summed E-state index contributed by atoms with van der Waals surface area (Å²) >= 11 is 5.48. The number of nitrogens with one attached hydrogen (secondary N) is 1. The zero-order valence-corrected chi connectivity index (χ0v) is 10.2. The van der Waals surface area contributed by atoms with Gasteiger partial charge in [-0.05, 0) is 19.4 Å². The summed E-state index contributed by atoms with van der Waals surface area (Å²) < 4.78 is 0. The molecule has 0 aliphatic rings. The number of carbonyl (C=O) groups excluding carboxylic acids is 1. The van der Waals surface area contributed by atoms with E-state index in [0.29, 0.717) is 30.0 Å². The lowest BCUT2D eigenvalue weighted by atomic mass is 10.1.